The molecule has 2 heterocycles. The Balaban J connectivity index is 1.42. The zero-order valence-corrected chi connectivity index (χ0v) is 17.3. The van der Waals surface area contributed by atoms with Crippen LogP contribution in [0.5, 0.6) is 23.0 Å². The van der Waals surface area contributed by atoms with Crippen molar-refractivity contribution in [2.24, 2.45) is 0 Å². The van der Waals surface area contributed by atoms with Crippen LogP contribution < -0.4 is 19.5 Å². The summed E-state index contributed by atoms with van der Waals surface area (Å²) >= 11 is 0. The molecule has 162 valence electrons. The molecule has 0 radical (unpaired) electrons. The number of amides is 1. The first kappa shape index (κ1) is 20.6. The molecule has 0 fully saturated rings. The maximum Gasteiger partial charge on any atom is 0.291 e. The number of anilines is 1. The number of carbonyl (C=O) groups is 1. The Morgan fingerprint density at radius 3 is 2.71 bits per heavy atom. The van der Waals surface area contributed by atoms with Crippen LogP contribution in [0.2, 0.25) is 0 Å². The summed E-state index contributed by atoms with van der Waals surface area (Å²) in [5.41, 5.74) is -0.0333. The fourth-order valence-corrected chi connectivity index (χ4v) is 3.76. The Morgan fingerprint density at radius 1 is 1.10 bits per heavy atom. The zero-order valence-electron chi connectivity index (χ0n) is 16.5. The number of hydrogen-bond acceptors (Lipinski definition) is 8. The van der Waals surface area contributed by atoms with E-state index in [-0.39, 0.29) is 41.2 Å². The van der Waals surface area contributed by atoms with Crippen LogP contribution in [0, 0.1) is 0 Å². The first-order chi connectivity index (χ1) is 14.9. The van der Waals surface area contributed by atoms with Crippen LogP contribution in [0.3, 0.4) is 0 Å². The highest BCUT2D eigenvalue weighted by Crippen LogP contribution is 2.35. The molecule has 31 heavy (non-hydrogen) atoms. The lowest BCUT2D eigenvalue weighted by Gasteiger charge is -2.09. The molecule has 3 aromatic rings. The van der Waals surface area contributed by atoms with Gasteiger partial charge in [0.05, 0.1) is 16.3 Å². The Morgan fingerprint density at radius 2 is 1.90 bits per heavy atom. The number of aromatic hydroxyl groups is 1. The Hall–Kier alpha value is -3.66. The number of hydrogen-bond donors (Lipinski definition) is 2. The summed E-state index contributed by atoms with van der Waals surface area (Å²) in [7, 11) is -3.49. The molecule has 0 saturated heterocycles. The number of furan rings is 1. The molecule has 9 nitrogen and oxygen atoms in total. The van der Waals surface area contributed by atoms with Crippen molar-refractivity contribution in [3.8, 4) is 23.0 Å². The van der Waals surface area contributed by atoms with Gasteiger partial charge in [0.2, 0.25) is 6.79 Å². The van der Waals surface area contributed by atoms with E-state index >= 15 is 0 Å². The second-order valence-corrected chi connectivity index (χ2v) is 8.88. The van der Waals surface area contributed by atoms with Crippen LogP contribution in [0.15, 0.2) is 57.8 Å². The summed E-state index contributed by atoms with van der Waals surface area (Å²) in [5.74, 6) is 1.15. The van der Waals surface area contributed by atoms with Gasteiger partial charge in [-0.2, -0.15) is 0 Å². The van der Waals surface area contributed by atoms with Crippen LogP contribution in [-0.4, -0.2) is 32.0 Å². The molecule has 0 aliphatic carbocycles. The highest BCUT2D eigenvalue weighted by atomic mass is 32.2. The molecule has 2 N–H and O–H groups in total. The normalized spacial score (nSPS) is 12.5. The molecule has 1 amide bonds. The largest absolute Gasteiger partial charge is 0.506 e. The SMILES string of the molecule is CCS(=O)(=O)c1ccc(O)c(NC(=O)c2ccc(COc3ccc4c(c3)OCO4)o2)c1. The number of fused-ring (bicyclic) bond motifs is 1. The molecule has 0 saturated carbocycles. The Kier molecular flexibility index (Phi) is 5.47. The van der Waals surface area contributed by atoms with Crippen molar-refractivity contribution in [1.82, 2.24) is 0 Å². The minimum Gasteiger partial charge on any atom is -0.506 e. The van der Waals surface area contributed by atoms with Gasteiger partial charge in [0.1, 0.15) is 23.9 Å². The summed E-state index contributed by atoms with van der Waals surface area (Å²) in [4.78, 5) is 12.5. The maximum absolute atomic E-state index is 12.5. The standard InChI is InChI=1S/C21H19NO8S/c1-2-31(25,26)15-5-6-17(23)16(10-15)22-21(24)19-8-4-14(30-19)11-27-13-3-7-18-20(9-13)29-12-28-18/h3-10,23H,2,11-12H2,1H3,(H,22,24). The minimum atomic E-state index is -3.49. The van der Waals surface area contributed by atoms with Crippen LogP contribution in [0.25, 0.3) is 0 Å². The number of carbonyl (C=O) groups excluding carboxylic acids is 1. The maximum atomic E-state index is 12.5. The van der Waals surface area contributed by atoms with Crippen molar-refractivity contribution in [2.75, 3.05) is 17.9 Å². The third-order valence-corrected chi connectivity index (χ3v) is 6.30. The van der Waals surface area contributed by atoms with Crippen molar-refractivity contribution >= 4 is 21.4 Å². The monoisotopic (exact) mass is 445 g/mol. The number of sulfone groups is 1. The van der Waals surface area contributed by atoms with Gasteiger partial charge in [0, 0.05) is 6.07 Å². The van der Waals surface area contributed by atoms with E-state index in [1.807, 2.05) is 0 Å². The van der Waals surface area contributed by atoms with Gasteiger partial charge in [-0.1, -0.05) is 6.92 Å². The topological polar surface area (TPSA) is 124 Å². The van der Waals surface area contributed by atoms with Gasteiger partial charge in [0.25, 0.3) is 5.91 Å². The van der Waals surface area contributed by atoms with E-state index in [4.69, 9.17) is 18.6 Å². The van der Waals surface area contributed by atoms with Crippen molar-refractivity contribution < 1.29 is 36.9 Å². The number of rotatable bonds is 7. The van der Waals surface area contributed by atoms with Crippen LogP contribution in [-0.2, 0) is 16.4 Å². The van der Waals surface area contributed by atoms with Gasteiger partial charge in [-0.05, 0) is 42.5 Å². The predicted octanol–water partition coefficient (Wildman–Crippen LogP) is 3.34. The number of phenols is 1. The molecular formula is C21H19NO8S. The second kappa shape index (κ2) is 8.23. The quantitative estimate of drug-likeness (QED) is 0.531. The summed E-state index contributed by atoms with van der Waals surface area (Å²) in [5, 5.41) is 12.4. The smallest absolute Gasteiger partial charge is 0.291 e. The van der Waals surface area contributed by atoms with Gasteiger partial charge in [-0.15, -0.1) is 0 Å². The lowest BCUT2D eigenvalue weighted by Crippen LogP contribution is -2.12. The molecule has 0 unspecified atom stereocenters. The summed E-state index contributed by atoms with van der Waals surface area (Å²) in [6.07, 6.45) is 0. The highest BCUT2D eigenvalue weighted by molar-refractivity contribution is 7.91. The third kappa shape index (κ3) is 4.43. The molecule has 4 rings (SSSR count). The third-order valence-electron chi connectivity index (χ3n) is 4.57. The molecule has 10 heteroatoms. The Bertz CT molecular complexity index is 1230. The van der Waals surface area contributed by atoms with Gasteiger partial charge in [0.15, 0.2) is 27.1 Å². The summed E-state index contributed by atoms with van der Waals surface area (Å²) in [6, 6.07) is 11.9. The van der Waals surface area contributed by atoms with Crippen molar-refractivity contribution in [2.45, 2.75) is 18.4 Å². The molecule has 0 atom stereocenters. The first-order valence-corrected chi connectivity index (χ1v) is 11.0. The minimum absolute atomic E-state index is 0.000333. The van der Waals surface area contributed by atoms with E-state index in [1.165, 1.54) is 31.2 Å². The van der Waals surface area contributed by atoms with E-state index in [9.17, 15) is 18.3 Å². The van der Waals surface area contributed by atoms with Gasteiger partial charge < -0.3 is 29.1 Å². The van der Waals surface area contributed by atoms with Crippen LogP contribution >= 0.6 is 0 Å². The van der Waals surface area contributed by atoms with Crippen molar-refractivity contribution in [1.29, 1.82) is 0 Å². The van der Waals surface area contributed by atoms with Crippen molar-refractivity contribution in [3.63, 3.8) is 0 Å². The molecule has 2 aromatic carbocycles. The van der Waals surface area contributed by atoms with Gasteiger partial charge in [-0.25, -0.2) is 8.42 Å². The molecule has 1 aromatic heterocycles. The molecule has 0 bridgehead atoms. The highest BCUT2D eigenvalue weighted by Gasteiger charge is 2.18. The van der Waals surface area contributed by atoms with E-state index in [2.05, 4.69) is 5.32 Å². The van der Waals surface area contributed by atoms with Crippen LogP contribution in [0.4, 0.5) is 5.69 Å². The molecule has 1 aliphatic rings. The first-order valence-electron chi connectivity index (χ1n) is 9.34. The fraction of sp³-hybridized carbons (Fsp3) is 0.190. The fourth-order valence-electron chi connectivity index (χ4n) is 2.86. The number of phenolic OH excluding ortho intramolecular Hbond substituents is 1. The van der Waals surface area contributed by atoms with Gasteiger partial charge >= 0.3 is 0 Å². The van der Waals surface area contributed by atoms with Crippen LogP contribution in [0.1, 0.15) is 23.2 Å². The number of ether oxygens (including phenoxy) is 3. The van der Waals surface area contributed by atoms with Crippen molar-refractivity contribution in [3.05, 3.63) is 60.1 Å². The second-order valence-electron chi connectivity index (χ2n) is 6.61. The molecular weight excluding hydrogens is 426 g/mol. The average molecular weight is 445 g/mol. The summed E-state index contributed by atoms with van der Waals surface area (Å²) < 4.78 is 45.7. The van der Waals surface area contributed by atoms with E-state index in [0.717, 1.165) is 0 Å². The number of nitrogens with one attached hydrogen (secondary N) is 1. The summed E-state index contributed by atoms with van der Waals surface area (Å²) in [6.45, 7) is 1.75. The van der Waals surface area contributed by atoms with E-state index < -0.39 is 15.7 Å². The molecule has 0 spiro atoms. The predicted molar refractivity (Wildman–Crippen MR) is 109 cm³/mol. The lowest BCUT2D eigenvalue weighted by atomic mass is 10.3. The average Bonchev–Trinajstić information content (AvgIpc) is 3.42. The number of benzene rings is 2. The van der Waals surface area contributed by atoms with Gasteiger partial charge in [-0.3, -0.25) is 4.79 Å². The van der Waals surface area contributed by atoms with E-state index in [0.29, 0.717) is 23.0 Å². The lowest BCUT2D eigenvalue weighted by molar-refractivity contribution is 0.0992. The zero-order chi connectivity index (χ0) is 22.0. The van der Waals surface area contributed by atoms with E-state index in [1.54, 1.807) is 24.3 Å². The Labute approximate surface area is 178 Å². The molecule has 1 aliphatic heterocycles.